The molecule has 0 radical (unpaired) electrons. The monoisotopic (exact) mass is 353 g/mol. The van der Waals surface area contributed by atoms with Crippen LogP contribution in [0.25, 0.3) is 10.9 Å². The number of carbonyl (C=O) groups is 1. The van der Waals surface area contributed by atoms with Crippen molar-refractivity contribution in [3.8, 4) is 0 Å². The molecular weight excluding hydrogens is 337 g/mol. The highest BCUT2D eigenvalue weighted by atomic mass is 35.5. The third-order valence-corrected chi connectivity index (χ3v) is 4.67. The normalized spacial score (nSPS) is 18.4. The first-order valence-electron chi connectivity index (χ1n) is 7.57. The molecule has 1 fully saturated rings. The summed E-state index contributed by atoms with van der Waals surface area (Å²) in [5.41, 5.74) is 0.0918. The average molecular weight is 354 g/mol. The number of likely N-dealkylation sites (tertiary alicyclic amines) is 1. The fourth-order valence-corrected chi connectivity index (χ4v) is 3.51. The lowest BCUT2D eigenvalue weighted by Crippen LogP contribution is -2.42. The third-order valence-electron chi connectivity index (χ3n) is 4.16. The van der Waals surface area contributed by atoms with E-state index in [9.17, 15) is 9.59 Å². The van der Waals surface area contributed by atoms with Gasteiger partial charge in [-0.05, 0) is 30.9 Å². The fourth-order valence-electron chi connectivity index (χ4n) is 2.97. The largest absolute Gasteiger partial charge is 0.341 e. The summed E-state index contributed by atoms with van der Waals surface area (Å²) in [5, 5.41) is 1.02. The number of hydrogen-bond donors (Lipinski definition) is 0. The molecule has 0 N–H and O–H groups in total. The quantitative estimate of drug-likeness (QED) is 0.833. The van der Waals surface area contributed by atoms with Crippen molar-refractivity contribution in [3.63, 3.8) is 0 Å². The molecule has 0 unspecified atom stereocenters. The van der Waals surface area contributed by atoms with Crippen molar-refractivity contribution in [2.45, 2.75) is 26.3 Å². The Hall–Kier alpha value is -1.59. The van der Waals surface area contributed by atoms with E-state index in [1.165, 1.54) is 17.0 Å². The Morgan fingerprint density at radius 3 is 2.91 bits per heavy atom. The topological polar surface area (TPSA) is 55.2 Å². The summed E-state index contributed by atoms with van der Waals surface area (Å²) in [7, 11) is 0. The van der Waals surface area contributed by atoms with Gasteiger partial charge < -0.3 is 4.90 Å². The molecular formula is C16H17Cl2N3O2. The second-order valence-electron chi connectivity index (χ2n) is 6.05. The van der Waals surface area contributed by atoms with Crippen LogP contribution in [0.15, 0.2) is 23.3 Å². The number of aromatic nitrogens is 2. The van der Waals surface area contributed by atoms with Crippen molar-refractivity contribution in [3.05, 3.63) is 38.9 Å². The Kier molecular flexibility index (Phi) is 4.60. The molecule has 7 heteroatoms. The highest BCUT2D eigenvalue weighted by Crippen LogP contribution is 2.24. The molecule has 1 saturated heterocycles. The minimum Gasteiger partial charge on any atom is -0.341 e. The van der Waals surface area contributed by atoms with Crippen molar-refractivity contribution in [2.24, 2.45) is 5.92 Å². The molecule has 1 aliphatic rings. The van der Waals surface area contributed by atoms with Crippen LogP contribution in [0.3, 0.4) is 0 Å². The summed E-state index contributed by atoms with van der Waals surface area (Å²) in [6.45, 7) is 3.61. The highest BCUT2D eigenvalue weighted by molar-refractivity contribution is 6.38. The number of hydrogen-bond acceptors (Lipinski definition) is 3. The summed E-state index contributed by atoms with van der Waals surface area (Å²) in [6.07, 6.45) is 3.51. The van der Waals surface area contributed by atoms with E-state index in [1.54, 1.807) is 6.07 Å². The molecule has 5 nitrogen and oxygen atoms in total. The van der Waals surface area contributed by atoms with Crippen molar-refractivity contribution < 1.29 is 4.79 Å². The van der Waals surface area contributed by atoms with E-state index in [1.807, 2.05) is 4.90 Å². The van der Waals surface area contributed by atoms with Crippen LogP contribution < -0.4 is 5.56 Å². The lowest BCUT2D eigenvalue weighted by Gasteiger charge is -2.31. The molecule has 23 heavy (non-hydrogen) atoms. The molecule has 0 aliphatic carbocycles. The second kappa shape index (κ2) is 6.49. The van der Waals surface area contributed by atoms with E-state index < -0.39 is 0 Å². The molecule has 3 rings (SSSR count). The third kappa shape index (κ3) is 3.35. The van der Waals surface area contributed by atoms with Gasteiger partial charge >= 0.3 is 0 Å². The second-order valence-corrected chi connectivity index (χ2v) is 6.89. The van der Waals surface area contributed by atoms with Gasteiger partial charge in [0.2, 0.25) is 5.91 Å². The first-order valence-corrected chi connectivity index (χ1v) is 8.33. The van der Waals surface area contributed by atoms with Crippen molar-refractivity contribution in [1.29, 1.82) is 0 Å². The average Bonchev–Trinajstić information content (AvgIpc) is 2.50. The zero-order valence-corrected chi connectivity index (χ0v) is 14.3. The Labute approximate surface area is 143 Å². The molecule has 0 spiro atoms. The molecule has 2 aromatic rings. The predicted octanol–water partition coefficient (Wildman–Crippen LogP) is 2.96. The fraction of sp³-hybridized carbons (Fsp3) is 0.438. The van der Waals surface area contributed by atoms with Gasteiger partial charge in [-0.1, -0.05) is 30.1 Å². The van der Waals surface area contributed by atoms with Crippen LogP contribution in [0.2, 0.25) is 10.0 Å². The van der Waals surface area contributed by atoms with Crippen molar-refractivity contribution in [1.82, 2.24) is 14.5 Å². The SMILES string of the molecule is C[C@H]1CCCN(C(=O)Cn2cnc3c(Cl)cc(Cl)cc3c2=O)C1. The molecule has 122 valence electrons. The summed E-state index contributed by atoms with van der Waals surface area (Å²) >= 11 is 12.0. The molecule has 0 saturated carbocycles. The minimum atomic E-state index is -0.308. The molecule has 1 aliphatic heterocycles. The number of amides is 1. The van der Waals surface area contributed by atoms with E-state index in [0.29, 0.717) is 26.9 Å². The highest BCUT2D eigenvalue weighted by Gasteiger charge is 2.21. The first kappa shape index (κ1) is 16.3. The lowest BCUT2D eigenvalue weighted by atomic mass is 10.0. The summed E-state index contributed by atoms with van der Waals surface area (Å²) in [4.78, 5) is 31.0. The zero-order chi connectivity index (χ0) is 16.6. The molecule has 2 heterocycles. The van der Waals surface area contributed by atoms with Crippen LogP contribution in [0, 0.1) is 5.92 Å². The van der Waals surface area contributed by atoms with Crippen LogP contribution in [0.5, 0.6) is 0 Å². The van der Waals surface area contributed by atoms with Crippen LogP contribution in [0.4, 0.5) is 0 Å². The molecule has 1 atom stereocenters. The Morgan fingerprint density at radius 2 is 2.17 bits per heavy atom. The van der Waals surface area contributed by atoms with Gasteiger partial charge in [-0.15, -0.1) is 0 Å². The molecule has 1 aromatic heterocycles. The van der Waals surface area contributed by atoms with E-state index in [0.717, 1.165) is 25.9 Å². The minimum absolute atomic E-state index is 0.0153. The number of benzene rings is 1. The van der Waals surface area contributed by atoms with Crippen molar-refractivity contribution >= 4 is 40.0 Å². The lowest BCUT2D eigenvalue weighted by molar-refractivity contribution is -0.133. The number of halogens is 2. The molecule has 1 aromatic carbocycles. The summed E-state index contributed by atoms with van der Waals surface area (Å²) in [6, 6.07) is 3.07. The van der Waals surface area contributed by atoms with Gasteiger partial charge in [-0.3, -0.25) is 14.2 Å². The number of carbonyl (C=O) groups excluding carboxylic acids is 1. The van der Waals surface area contributed by atoms with E-state index in [-0.39, 0.29) is 18.0 Å². The molecule has 1 amide bonds. The van der Waals surface area contributed by atoms with Crippen LogP contribution >= 0.6 is 23.2 Å². The number of fused-ring (bicyclic) bond motifs is 1. The van der Waals surface area contributed by atoms with Gasteiger partial charge in [0.05, 0.1) is 22.3 Å². The Bertz CT molecular complexity index is 819. The number of nitrogens with zero attached hydrogens (tertiary/aromatic N) is 3. The maximum Gasteiger partial charge on any atom is 0.261 e. The van der Waals surface area contributed by atoms with Gasteiger partial charge in [0.1, 0.15) is 6.54 Å². The smallest absolute Gasteiger partial charge is 0.261 e. The van der Waals surface area contributed by atoms with Gasteiger partial charge in [-0.2, -0.15) is 0 Å². The maximum absolute atomic E-state index is 12.6. The Morgan fingerprint density at radius 1 is 1.39 bits per heavy atom. The van der Waals surface area contributed by atoms with Gasteiger partial charge in [0, 0.05) is 18.1 Å². The predicted molar refractivity (Wildman–Crippen MR) is 91.0 cm³/mol. The van der Waals surface area contributed by atoms with Gasteiger partial charge in [0.25, 0.3) is 5.56 Å². The van der Waals surface area contributed by atoms with Crippen LogP contribution in [-0.4, -0.2) is 33.4 Å². The van der Waals surface area contributed by atoms with Crippen molar-refractivity contribution in [2.75, 3.05) is 13.1 Å². The zero-order valence-electron chi connectivity index (χ0n) is 12.8. The molecule has 0 bridgehead atoms. The van der Waals surface area contributed by atoms with Crippen LogP contribution in [-0.2, 0) is 11.3 Å². The van der Waals surface area contributed by atoms with E-state index in [2.05, 4.69) is 11.9 Å². The van der Waals surface area contributed by atoms with Gasteiger partial charge in [-0.25, -0.2) is 4.98 Å². The number of rotatable bonds is 2. The van der Waals surface area contributed by atoms with E-state index >= 15 is 0 Å². The summed E-state index contributed by atoms with van der Waals surface area (Å²) in [5.74, 6) is 0.435. The first-order chi connectivity index (χ1) is 11.0. The Balaban J connectivity index is 1.90. The standard InChI is InChI=1S/C16H17Cl2N3O2/c1-10-3-2-4-20(7-10)14(22)8-21-9-19-15-12(16(21)23)5-11(17)6-13(15)18/h5-6,9-10H,2-4,7-8H2,1H3/t10-/m0/s1. The maximum atomic E-state index is 12.6. The number of piperidine rings is 1. The van der Waals surface area contributed by atoms with Gasteiger partial charge in [0.15, 0.2) is 0 Å². The van der Waals surface area contributed by atoms with E-state index in [4.69, 9.17) is 23.2 Å². The van der Waals surface area contributed by atoms with Crippen LogP contribution in [0.1, 0.15) is 19.8 Å². The summed E-state index contributed by atoms with van der Waals surface area (Å²) < 4.78 is 1.32.